The second kappa shape index (κ2) is 4.52. The molecule has 88 valence electrons. The second-order valence-corrected chi connectivity index (χ2v) is 5.73. The lowest BCUT2D eigenvalue weighted by Gasteiger charge is -2.37. The number of nitrogens with one attached hydrogen (secondary N) is 1. The van der Waals surface area contributed by atoms with Crippen LogP contribution in [-0.4, -0.2) is 36.5 Å². The van der Waals surface area contributed by atoms with E-state index in [1.807, 2.05) is 11.8 Å². The summed E-state index contributed by atoms with van der Waals surface area (Å²) in [6.07, 6.45) is 0. The van der Waals surface area contributed by atoms with Gasteiger partial charge in [0, 0.05) is 31.6 Å². The van der Waals surface area contributed by atoms with Crippen LogP contribution in [-0.2, 0) is 4.79 Å². The highest BCUT2D eigenvalue weighted by Gasteiger charge is 2.31. The molecule has 1 saturated heterocycles. The van der Waals surface area contributed by atoms with Crippen molar-refractivity contribution in [2.45, 2.75) is 40.7 Å². The Balaban J connectivity index is 2.60. The average Bonchev–Trinajstić information content (AvgIpc) is 2.14. The summed E-state index contributed by atoms with van der Waals surface area (Å²) < 4.78 is 0. The minimum atomic E-state index is 0.0607. The van der Waals surface area contributed by atoms with E-state index in [4.69, 9.17) is 0 Å². The van der Waals surface area contributed by atoms with Gasteiger partial charge in [-0.1, -0.05) is 27.7 Å². The second-order valence-electron chi connectivity index (χ2n) is 5.73. The van der Waals surface area contributed by atoms with Crippen LogP contribution in [0, 0.1) is 11.3 Å². The zero-order valence-electron chi connectivity index (χ0n) is 10.6. The highest BCUT2D eigenvalue weighted by atomic mass is 16.2. The van der Waals surface area contributed by atoms with Gasteiger partial charge in [-0.15, -0.1) is 0 Å². The maximum absolute atomic E-state index is 12.2. The largest absolute Gasteiger partial charge is 0.340 e. The fraction of sp³-hybridized carbons (Fsp3) is 0.917. The zero-order valence-corrected chi connectivity index (χ0v) is 10.6. The predicted octanol–water partition coefficient (Wildman–Crippen LogP) is 1.49. The third-order valence-electron chi connectivity index (χ3n) is 3.35. The number of hydrogen-bond donors (Lipinski definition) is 1. The summed E-state index contributed by atoms with van der Waals surface area (Å²) in [6.45, 7) is 13.2. The minimum absolute atomic E-state index is 0.0607. The number of amides is 1. The lowest BCUT2D eigenvalue weighted by Crippen LogP contribution is -2.53. The molecule has 1 N–H and O–H groups in total. The van der Waals surface area contributed by atoms with E-state index in [-0.39, 0.29) is 11.3 Å². The fourth-order valence-electron chi connectivity index (χ4n) is 1.78. The molecule has 1 fully saturated rings. The molecular formula is C12H24N2O. The molecule has 0 aromatic heterocycles. The Morgan fingerprint density at radius 1 is 1.47 bits per heavy atom. The summed E-state index contributed by atoms with van der Waals surface area (Å²) >= 11 is 0. The molecule has 1 aliphatic heterocycles. The molecule has 2 atom stereocenters. The van der Waals surface area contributed by atoms with E-state index in [1.54, 1.807) is 0 Å². The monoisotopic (exact) mass is 212 g/mol. The lowest BCUT2D eigenvalue weighted by atomic mass is 9.81. The van der Waals surface area contributed by atoms with Crippen molar-refractivity contribution in [1.29, 1.82) is 0 Å². The summed E-state index contributed by atoms with van der Waals surface area (Å²) in [4.78, 5) is 14.2. The van der Waals surface area contributed by atoms with Crippen LogP contribution >= 0.6 is 0 Å². The van der Waals surface area contributed by atoms with Crippen LogP contribution in [0.25, 0.3) is 0 Å². The SMILES string of the molecule is CC(C(=O)N1CCN[C@H](C)C1)C(C)(C)C. The molecule has 1 heterocycles. The van der Waals surface area contributed by atoms with E-state index in [9.17, 15) is 4.79 Å². The zero-order chi connectivity index (χ0) is 11.6. The lowest BCUT2D eigenvalue weighted by molar-refractivity contribution is -0.139. The molecule has 1 unspecified atom stereocenters. The van der Waals surface area contributed by atoms with Crippen LogP contribution in [0.1, 0.15) is 34.6 Å². The Morgan fingerprint density at radius 3 is 2.53 bits per heavy atom. The quantitative estimate of drug-likeness (QED) is 0.714. The van der Waals surface area contributed by atoms with Crippen molar-refractivity contribution < 1.29 is 4.79 Å². The molecule has 0 saturated carbocycles. The van der Waals surface area contributed by atoms with Gasteiger partial charge in [-0.3, -0.25) is 4.79 Å². The third kappa shape index (κ3) is 3.20. The average molecular weight is 212 g/mol. The van der Waals surface area contributed by atoms with Crippen molar-refractivity contribution in [3.8, 4) is 0 Å². The van der Waals surface area contributed by atoms with Gasteiger partial charge in [-0.05, 0) is 12.3 Å². The molecule has 0 aliphatic carbocycles. The van der Waals surface area contributed by atoms with E-state index in [1.165, 1.54) is 0 Å². The van der Waals surface area contributed by atoms with Gasteiger partial charge in [-0.2, -0.15) is 0 Å². The van der Waals surface area contributed by atoms with E-state index < -0.39 is 0 Å². The maximum atomic E-state index is 12.2. The first kappa shape index (κ1) is 12.5. The normalized spacial score (nSPS) is 25.1. The number of hydrogen-bond acceptors (Lipinski definition) is 2. The van der Waals surface area contributed by atoms with Gasteiger partial charge in [0.1, 0.15) is 0 Å². The molecule has 1 aliphatic rings. The maximum Gasteiger partial charge on any atom is 0.226 e. The number of rotatable bonds is 1. The van der Waals surface area contributed by atoms with Gasteiger partial charge in [-0.25, -0.2) is 0 Å². The third-order valence-corrected chi connectivity index (χ3v) is 3.35. The fourth-order valence-corrected chi connectivity index (χ4v) is 1.78. The summed E-state index contributed by atoms with van der Waals surface area (Å²) in [6, 6.07) is 0.426. The summed E-state index contributed by atoms with van der Waals surface area (Å²) in [5, 5.41) is 3.35. The van der Waals surface area contributed by atoms with Crippen LogP contribution in [0.5, 0.6) is 0 Å². The van der Waals surface area contributed by atoms with Crippen molar-refractivity contribution in [3.63, 3.8) is 0 Å². The molecule has 0 bridgehead atoms. The van der Waals surface area contributed by atoms with E-state index in [2.05, 4.69) is 33.0 Å². The molecule has 0 aromatic carbocycles. The van der Waals surface area contributed by atoms with E-state index in [0.29, 0.717) is 11.9 Å². The van der Waals surface area contributed by atoms with Crippen LogP contribution in [0.15, 0.2) is 0 Å². The number of carbonyl (C=O) groups excluding carboxylic acids is 1. The topological polar surface area (TPSA) is 32.3 Å². The standard InChI is InChI=1S/C12H24N2O/c1-9-8-14(7-6-13-9)11(15)10(2)12(3,4)5/h9-10,13H,6-8H2,1-5H3/t9-,10?/m1/s1. The molecular weight excluding hydrogens is 188 g/mol. The molecule has 15 heavy (non-hydrogen) atoms. The van der Waals surface area contributed by atoms with Gasteiger partial charge < -0.3 is 10.2 Å². The Morgan fingerprint density at radius 2 is 2.07 bits per heavy atom. The minimum Gasteiger partial charge on any atom is -0.340 e. The first-order chi connectivity index (χ1) is 6.82. The first-order valence-corrected chi connectivity index (χ1v) is 5.84. The number of carbonyl (C=O) groups is 1. The van der Waals surface area contributed by atoms with Gasteiger partial charge in [0.25, 0.3) is 0 Å². The van der Waals surface area contributed by atoms with E-state index >= 15 is 0 Å². The smallest absolute Gasteiger partial charge is 0.226 e. The van der Waals surface area contributed by atoms with Crippen LogP contribution in [0.4, 0.5) is 0 Å². The van der Waals surface area contributed by atoms with Crippen LogP contribution in [0.3, 0.4) is 0 Å². The Kier molecular flexibility index (Phi) is 3.77. The Bertz CT molecular complexity index is 232. The summed E-state index contributed by atoms with van der Waals surface area (Å²) in [5.74, 6) is 0.402. The summed E-state index contributed by atoms with van der Waals surface area (Å²) in [5.41, 5.74) is 0.0607. The van der Waals surface area contributed by atoms with Gasteiger partial charge in [0.15, 0.2) is 0 Å². The molecule has 0 radical (unpaired) electrons. The van der Waals surface area contributed by atoms with Crippen molar-refractivity contribution in [3.05, 3.63) is 0 Å². The highest BCUT2D eigenvalue weighted by molar-refractivity contribution is 5.79. The Hall–Kier alpha value is -0.570. The molecule has 0 aromatic rings. The van der Waals surface area contributed by atoms with Crippen molar-refractivity contribution >= 4 is 5.91 Å². The molecule has 3 heteroatoms. The predicted molar refractivity (Wildman–Crippen MR) is 62.7 cm³/mol. The van der Waals surface area contributed by atoms with Crippen molar-refractivity contribution in [2.75, 3.05) is 19.6 Å². The van der Waals surface area contributed by atoms with E-state index in [0.717, 1.165) is 19.6 Å². The van der Waals surface area contributed by atoms with Crippen molar-refractivity contribution in [2.24, 2.45) is 11.3 Å². The highest BCUT2D eigenvalue weighted by Crippen LogP contribution is 2.27. The van der Waals surface area contributed by atoms with Gasteiger partial charge in [0.2, 0.25) is 5.91 Å². The molecule has 0 spiro atoms. The molecule has 3 nitrogen and oxygen atoms in total. The Labute approximate surface area is 93.2 Å². The molecule has 1 amide bonds. The van der Waals surface area contributed by atoms with Gasteiger partial charge in [0.05, 0.1) is 0 Å². The number of piperazine rings is 1. The van der Waals surface area contributed by atoms with Crippen molar-refractivity contribution in [1.82, 2.24) is 10.2 Å². The number of nitrogens with zero attached hydrogens (tertiary/aromatic N) is 1. The molecule has 1 rings (SSSR count). The van der Waals surface area contributed by atoms with Gasteiger partial charge >= 0.3 is 0 Å². The summed E-state index contributed by atoms with van der Waals surface area (Å²) in [7, 11) is 0. The van der Waals surface area contributed by atoms with Crippen LogP contribution in [0.2, 0.25) is 0 Å². The van der Waals surface area contributed by atoms with Crippen LogP contribution < -0.4 is 5.32 Å². The first-order valence-electron chi connectivity index (χ1n) is 5.84.